The number of carbonyl (C=O) groups is 7. The summed E-state index contributed by atoms with van der Waals surface area (Å²) in [5.74, 6) is -8.82. The second-order valence-corrected chi connectivity index (χ2v) is 21.9. The molecule has 0 atom stereocenters. The molecule has 2 aliphatic carbocycles. The maximum atomic E-state index is 14.2. The lowest BCUT2D eigenvalue weighted by molar-refractivity contribution is -0.191. The summed E-state index contributed by atoms with van der Waals surface area (Å²) in [5.41, 5.74) is 2.85. The number of likely N-dealkylation sites (tertiary alicyclic amines) is 1. The van der Waals surface area contributed by atoms with Crippen molar-refractivity contribution in [1.29, 1.82) is 0 Å². The molecule has 2 aliphatic heterocycles. The lowest BCUT2D eigenvalue weighted by atomic mass is 10.0. The number of hydrogen-bond acceptors (Lipinski definition) is 10. The second kappa shape index (κ2) is 28.8. The minimum Gasteiger partial charge on any atom is -0.350 e. The summed E-state index contributed by atoms with van der Waals surface area (Å²) >= 11 is 11.6. The van der Waals surface area contributed by atoms with Gasteiger partial charge in [-0.1, -0.05) is 65.7 Å². The van der Waals surface area contributed by atoms with E-state index < -0.39 is 41.8 Å². The standard InChI is InChI=1S/C30H30ClF3N4O4.C24H23ClFN3O3.C5H9F2N.CO2/c1-18(39)23-14-37(25-9-6-19(12-22(23)25)29(42)36-11-3-10-30(33,34)17-36)16-27(41)38(21-7-8-21)15-26(40)35-13-20-4-2-5-24(31)28(20)32;1-15(30)19-12-28(21-8-3-2-6-18(19)21)14-23(32)29(17-9-10-17)13-22(31)27-11-16-5-4-7-20(25)24(16)26;6-5(7)2-1-3-8-4-5;2-1-3/h2,4-6,9,12,14,21H,3,7-8,10-11,13,15-17H2,1H3,(H,35,40);2-8,12,17H,9-11,13-14H2,1H3,(H,27,31);8H,1-4H2;. The van der Waals surface area contributed by atoms with E-state index in [0.717, 1.165) is 48.0 Å². The Bertz CT molecular complexity index is 3500. The Hall–Kier alpha value is -7.85. The molecule has 6 aromatic rings. The summed E-state index contributed by atoms with van der Waals surface area (Å²) in [7, 11) is 0. The fourth-order valence-corrected chi connectivity index (χ4v) is 10.3. The number of benzene rings is 4. The average Bonchev–Trinajstić information content (AvgIpc) is 2.69. The number of Topliss-reactive ketones (excluding diaryl/α,β-unsaturated/α-hetero) is 2. The maximum Gasteiger partial charge on any atom is 0.373 e. The van der Waals surface area contributed by atoms with Crippen LogP contribution in [0, 0.1) is 11.6 Å². The number of rotatable bonds is 17. The highest BCUT2D eigenvalue weighted by molar-refractivity contribution is 6.31. The van der Waals surface area contributed by atoms with Crippen LogP contribution >= 0.6 is 23.2 Å². The first-order valence-electron chi connectivity index (χ1n) is 27.4. The van der Waals surface area contributed by atoms with E-state index in [2.05, 4.69) is 16.0 Å². The minimum atomic E-state index is -2.94. The molecule has 85 heavy (non-hydrogen) atoms. The molecule has 2 saturated heterocycles. The van der Waals surface area contributed by atoms with Crippen LogP contribution < -0.4 is 16.0 Å². The molecule has 3 N–H and O–H groups in total. The van der Waals surface area contributed by atoms with E-state index in [9.17, 15) is 59.9 Å². The van der Waals surface area contributed by atoms with Gasteiger partial charge < -0.3 is 39.8 Å². The van der Waals surface area contributed by atoms with Gasteiger partial charge in [-0.15, -0.1) is 0 Å². The Morgan fingerprint density at radius 3 is 1.58 bits per heavy atom. The van der Waals surface area contributed by atoms with Gasteiger partial charge in [-0.05, 0) is 95.3 Å². The van der Waals surface area contributed by atoms with E-state index in [0.29, 0.717) is 22.9 Å². The van der Waals surface area contributed by atoms with Gasteiger partial charge in [0.15, 0.2) is 11.6 Å². The number of para-hydroxylation sites is 1. The van der Waals surface area contributed by atoms with Crippen molar-refractivity contribution in [2.24, 2.45) is 0 Å². The van der Waals surface area contributed by atoms with Crippen LogP contribution in [-0.2, 0) is 54.9 Å². The van der Waals surface area contributed by atoms with Crippen LogP contribution in [0.25, 0.3) is 21.8 Å². The van der Waals surface area contributed by atoms with E-state index in [1.165, 1.54) is 55.3 Å². The zero-order valence-electron chi connectivity index (χ0n) is 46.5. The molecule has 0 bridgehead atoms. The van der Waals surface area contributed by atoms with Crippen molar-refractivity contribution < 1.29 is 69.5 Å². The summed E-state index contributed by atoms with van der Waals surface area (Å²) < 4.78 is 83.7. The van der Waals surface area contributed by atoms with Gasteiger partial charge in [0.2, 0.25) is 23.6 Å². The highest BCUT2D eigenvalue weighted by atomic mass is 35.5. The lowest BCUT2D eigenvalue weighted by Gasteiger charge is -2.32. The molecule has 2 saturated carbocycles. The van der Waals surface area contributed by atoms with Crippen molar-refractivity contribution in [1.82, 2.24) is 39.8 Å². The van der Waals surface area contributed by atoms with Crippen LogP contribution in [0.1, 0.15) is 107 Å². The topological polar surface area (TPSA) is 209 Å². The fraction of sp³-hybridized carbons (Fsp3) is 0.400. The average molecular weight is 1220 g/mol. The van der Waals surface area contributed by atoms with Crippen molar-refractivity contribution in [2.45, 2.75) is 115 Å². The molecule has 2 aromatic heterocycles. The van der Waals surface area contributed by atoms with Gasteiger partial charge in [-0.25, -0.2) is 26.3 Å². The van der Waals surface area contributed by atoms with Crippen LogP contribution in [-0.4, -0.2) is 134 Å². The Morgan fingerprint density at radius 2 is 1.13 bits per heavy atom. The number of hydrogen-bond donors (Lipinski definition) is 3. The SMILES string of the molecule is CC(=O)c1cn(CC(=O)N(CC(=O)NCc2cccc(Cl)c2F)C2CC2)c2ccc(C(=O)N3CCCC(F)(F)C3)cc12.CC(=O)c1cn(CC(=O)N(CC(=O)NCc2cccc(Cl)c2F)C2CC2)c2ccccc12.FC1(F)CCCNC1.O=C=O. The number of halogens is 8. The summed E-state index contributed by atoms with van der Waals surface area (Å²) in [4.78, 5) is 110. The van der Waals surface area contributed by atoms with E-state index in [-0.39, 0.29) is 151 Å². The molecule has 4 fully saturated rings. The van der Waals surface area contributed by atoms with Crippen molar-refractivity contribution >= 4 is 92.3 Å². The van der Waals surface area contributed by atoms with E-state index in [1.807, 2.05) is 24.3 Å². The number of piperidine rings is 2. The van der Waals surface area contributed by atoms with Crippen LogP contribution in [0.3, 0.4) is 0 Å². The number of nitrogens with zero attached hydrogens (tertiary/aromatic N) is 5. The highest BCUT2D eigenvalue weighted by Crippen LogP contribution is 2.32. The number of ketones is 2. The lowest BCUT2D eigenvalue weighted by Crippen LogP contribution is -2.45. The maximum absolute atomic E-state index is 14.2. The second-order valence-electron chi connectivity index (χ2n) is 21.1. The molecule has 4 heterocycles. The van der Waals surface area contributed by atoms with Crippen molar-refractivity contribution in [3.05, 3.63) is 141 Å². The molecule has 25 heteroatoms. The molecule has 17 nitrogen and oxygen atoms in total. The number of carbonyl (C=O) groups excluding carboxylic acids is 9. The summed E-state index contributed by atoms with van der Waals surface area (Å²) in [6, 6.07) is 21.0. The molecule has 5 amide bonds. The first kappa shape index (κ1) is 64.7. The molecule has 0 radical (unpaired) electrons. The fourth-order valence-electron chi connectivity index (χ4n) is 9.92. The molecular formula is C60H62Cl2F6N8O9. The van der Waals surface area contributed by atoms with Crippen molar-refractivity contribution in [3.63, 3.8) is 0 Å². The molecule has 0 spiro atoms. The van der Waals surface area contributed by atoms with Gasteiger partial charge >= 0.3 is 6.15 Å². The third-order valence-corrected chi connectivity index (χ3v) is 15.1. The molecule has 452 valence electrons. The molecule has 4 aliphatic rings. The number of alkyl halides is 4. The predicted octanol–water partition coefficient (Wildman–Crippen LogP) is 9.18. The molecular weight excluding hydrogens is 1160 g/mol. The molecule has 0 unspecified atom stereocenters. The van der Waals surface area contributed by atoms with Gasteiger partial charge in [0.1, 0.15) is 24.7 Å². The Morgan fingerprint density at radius 1 is 0.647 bits per heavy atom. The quantitative estimate of drug-likeness (QED) is 0.0583. The van der Waals surface area contributed by atoms with Gasteiger partial charge in [0, 0.05) is 107 Å². The smallest absolute Gasteiger partial charge is 0.350 e. The summed E-state index contributed by atoms with van der Waals surface area (Å²) in [6.45, 7) is 2.49. The first-order chi connectivity index (χ1) is 40.4. The van der Waals surface area contributed by atoms with E-state index in [4.69, 9.17) is 32.8 Å². The first-order valence-corrected chi connectivity index (χ1v) is 28.1. The summed E-state index contributed by atoms with van der Waals surface area (Å²) in [5, 5.41) is 9.10. The Balaban J connectivity index is 0.000000211. The summed E-state index contributed by atoms with van der Waals surface area (Å²) in [6.07, 6.45) is 7.24. The van der Waals surface area contributed by atoms with Crippen LogP contribution in [0.15, 0.2) is 91.3 Å². The van der Waals surface area contributed by atoms with Crippen molar-refractivity contribution in [3.8, 4) is 0 Å². The van der Waals surface area contributed by atoms with Crippen molar-refractivity contribution in [2.75, 3.05) is 39.3 Å². The third-order valence-electron chi connectivity index (χ3n) is 14.5. The number of nitrogens with one attached hydrogen (secondary N) is 3. The monoisotopic (exact) mass is 1220 g/mol. The van der Waals surface area contributed by atoms with E-state index in [1.54, 1.807) is 44.5 Å². The van der Waals surface area contributed by atoms with Crippen LogP contribution in [0.4, 0.5) is 26.3 Å². The molecule has 10 rings (SSSR count). The largest absolute Gasteiger partial charge is 0.373 e. The van der Waals surface area contributed by atoms with Gasteiger partial charge in [-0.3, -0.25) is 33.6 Å². The molecule has 4 aromatic carbocycles. The third kappa shape index (κ3) is 17.6. The van der Waals surface area contributed by atoms with Gasteiger partial charge in [0.25, 0.3) is 17.8 Å². The van der Waals surface area contributed by atoms with Gasteiger partial charge in [-0.2, -0.15) is 9.59 Å². The number of fused-ring (bicyclic) bond motifs is 2. The normalized spacial score (nSPS) is 15.8. The number of amides is 5. The van der Waals surface area contributed by atoms with Gasteiger partial charge in [0.05, 0.1) is 36.2 Å². The Kier molecular flexibility index (Phi) is 21.9. The van der Waals surface area contributed by atoms with E-state index >= 15 is 0 Å². The van der Waals surface area contributed by atoms with Crippen LogP contribution in [0.5, 0.6) is 0 Å². The van der Waals surface area contributed by atoms with Crippen LogP contribution in [0.2, 0.25) is 10.0 Å². The predicted molar refractivity (Wildman–Crippen MR) is 302 cm³/mol. The number of aromatic nitrogens is 2. The Labute approximate surface area is 494 Å². The zero-order chi connectivity index (χ0) is 61.8. The zero-order valence-corrected chi connectivity index (χ0v) is 48.0. The highest BCUT2D eigenvalue weighted by Gasteiger charge is 2.39. The minimum absolute atomic E-state index is 0.00425.